The molecule has 1 unspecified atom stereocenters. The summed E-state index contributed by atoms with van der Waals surface area (Å²) in [5, 5.41) is 6.91. The van der Waals surface area contributed by atoms with Crippen LogP contribution in [0.5, 0.6) is 0 Å². The van der Waals surface area contributed by atoms with Gasteiger partial charge in [-0.3, -0.25) is 0 Å². The van der Waals surface area contributed by atoms with Gasteiger partial charge in [0.15, 0.2) is 5.96 Å². The first kappa shape index (κ1) is 21.5. The van der Waals surface area contributed by atoms with Crippen LogP contribution in [0.4, 0.5) is 5.82 Å². The number of anilines is 1. The van der Waals surface area contributed by atoms with Gasteiger partial charge in [-0.2, -0.15) is 0 Å². The summed E-state index contributed by atoms with van der Waals surface area (Å²) >= 11 is 0. The molecule has 0 bridgehead atoms. The number of nitrogens with one attached hydrogen (secondary N) is 2. The zero-order valence-electron chi connectivity index (χ0n) is 17.3. The predicted octanol–water partition coefficient (Wildman–Crippen LogP) is 3.19. The smallest absolute Gasteiger partial charge is 0.191 e. The lowest BCUT2D eigenvalue weighted by atomic mass is 9.99. The van der Waals surface area contributed by atoms with Gasteiger partial charge in [-0.25, -0.2) is 9.98 Å². The molecule has 1 aromatic rings. The molecule has 6 heteroatoms. The van der Waals surface area contributed by atoms with Crippen molar-refractivity contribution in [1.29, 1.82) is 0 Å². The molecule has 0 saturated carbocycles. The van der Waals surface area contributed by atoms with Crippen molar-refractivity contribution in [3.63, 3.8) is 0 Å². The summed E-state index contributed by atoms with van der Waals surface area (Å²) in [6, 6.07) is 4.12. The molecule has 1 aliphatic heterocycles. The van der Waals surface area contributed by atoms with Crippen molar-refractivity contribution in [3.05, 3.63) is 23.9 Å². The molecule has 1 saturated heterocycles. The summed E-state index contributed by atoms with van der Waals surface area (Å²) in [5.74, 6) is 2.63. The van der Waals surface area contributed by atoms with Crippen molar-refractivity contribution in [2.75, 3.05) is 44.3 Å². The van der Waals surface area contributed by atoms with Crippen LogP contribution in [-0.4, -0.2) is 50.3 Å². The first-order valence-electron chi connectivity index (χ1n) is 10.6. The molecule has 0 aliphatic carbocycles. The van der Waals surface area contributed by atoms with Crippen molar-refractivity contribution in [1.82, 2.24) is 15.6 Å². The van der Waals surface area contributed by atoms with E-state index in [0.717, 1.165) is 56.7 Å². The number of morpholine rings is 1. The fourth-order valence-corrected chi connectivity index (χ4v) is 3.30. The Morgan fingerprint density at radius 2 is 2.07 bits per heavy atom. The van der Waals surface area contributed by atoms with Gasteiger partial charge in [0.1, 0.15) is 5.82 Å². The number of aromatic nitrogens is 1. The van der Waals surface area contributed by atoms with Crippen molar-refractivity contribution in [2.24, 2.45) is 10.9 Å². The molecule has 1 fully saturated rings. The molecule has 2 heterocycles. The minimum Gasteiger partial charge on any atom is -0.378 e. The summed E-state index contributed by atoms with van der Waals surface area (Å²) in [7, 11) is 0. The van der Waals surface area contributed by atoms with E-state index in [1.54, 1.807) is 0 Å². The van der Waals surface area contributed by atoms with Gasteiger partial charge >= 0.3 is 0 Å². The molecule has 152 valence electrons. The number of hydrogen-bond donors (Lipinski definition) is 2. The van der Waals surface area contributed by atoms with E-state index in [1.807, 2.05) is 12.3 Å². The van der Waals surface area contributed by atoms with E-state index < -0.39 is 0 Å². The lowest BCUT2D eigenvalue weighted by molar-refractivity contribution is 0.122. The molecule has 0 radical (unpaired) electrons. The van der Waals surface area contributed by atoms with E-state index in [2.05, 4.69) is 47.4 Å². The van der Waals surface area contributed by atoms with Crippen LogP contribution in [0.2, 0.25) is 0 Å². The highest BCUT2D eigenvalue weighted by Crippen LogP contribution is 2.19. The van der Waals surface area contributed by atoms with Crippen molar-refractivity contribution < 1.29 is 4.74 Å². The van der Waals surface area contributed by atoms with E-state index >= 15 is 0 Å². The summed E-state index contributed by atoms with van der Waals surface area (Å²) in [6.45, 7) is 12.4. The molecule has 2 rings (SSSR count). The van der Waals surface area contributed by atoms with Gasteiger partial charge in [-0.15, -0.1) is 0 Å². The first-order chi connectivity index (χ1) is 13.3. The second-order valence-electron chi connectivity index (χ2n) is 7.08. The van der Waals surface area contributed by atoms with Crippen molar-refractivity contribution in [3.8, 4) is 0 Å². The zero-order valence-corrected chi connectivity index (χ0v) is 17.3. The number of hydrogen-bond acceptors (Lipinski definition) is 4. The standard InChI is InChI=1S/C21H37N5O/c1-4-7-9-18(5-2)16-24-21(22-6-3)25-17-19-10-8-11-23-20(19)26-12-14-27-15-13-26/h8,10-11,18H,4-7,9,12-17H2,1-3H3,(H2,22,24,25). The van der Waals surface area contributed by atoms with Gasteiger partial charge in [0, 0.05) is 37.9 Å². The van der Waals surface area contributed by atoms with Crippen LogP contribution in [0.15, 0.2) is 23.3 Å². The molecule has 1 atom stereocenters. The SMILES string of the molecule is CCCCC(CC)CNC(=NCc1cccnc1N1CCOCC1)NCC. The molecule has 0 aromatic carbocycles. The van der Waals surface area contributed by atoms with E-state index in [9.17, 15) is 0 Å². The Hall–Kier alpha value is -1.82. The monoisotopic (exact) mass is 375 g/mol. The number of guanidine groups is 1. The molecular weight excluding hydrogens is 338 g/mol. The highest BCUT2D eigenvalue weighted by molar-refractivity contribution is 5.79. The number of rotatable bonds is 10. The molecule has 0 spiro atoms. The Kier molecular flexibility index (Phi) is 9.98. The molecular formula is C21H37N5O. The van der Waals surface area contributed by atoms with Gasteiger partial charge in [-0.1, -0.05) is 39.2 Å². The molecule has 0 amide bonds. The van der Waals surface area contributed by atoms with Crippen LogP contribution >= 0.6 is 0 Å². The number of nitrogens with zero attached hydrogens (tertiary/aromatic N) is 3. The fourth-order valence-electron chi connectivity index (χ4n) is 3.30. The van der Waals surface area contributed by atoms with Gasteiger partial charge in [0.05, 0.1) is 19.8 Å². The fraction of sp³-hybridized carbons (Fsp3) is 0.714. The third-order valence-electron chi connectivity index (χ3n) is 5.03. The third kappa shape index (κ3) is 7.37. The van der Waals surface area contributed by atoms with Gasteiger partial charge in [0.2, 0.25) is 0 Å². The largest absolute Gasteiger partial charge is 0.378 e. The predicted molar refractivity (Wildman–Crippen MR) is 113 cm³/mol. The van der Waals surface area contributed by atoms with Crippen LogP contribution in [0.1, 0.15) is 52.0 Å². The van der Waals surface area contributed by atoms with E-state index in [0.29, 0.717) is 12.5 Å². The maximum absolute atomic E-state index is 5.47. The minimum absolute atomic E-state index is 0.627. The Labute approximate surface area is 164 Å². The summed E-state index contributed by atoms with van der Waals surface area (Å²) < 4.78 is 5.47. The first-order valence-corrected chi connectivity index (χ1v) is 10.6. The number of aliphatic imine (C=N–C) groups is 1. The summed E-state index contributed by atoms with van der Waals surface area (Å²) in [5.41, 5.74) is 1.16. The summed E-state index contributed by atoms with van der Waals surface area (Å²) in [4.78, 5) is 11.7. The maximum atomic E-state index is 5.47. The van der Waals surface area contributed by atoms with Crippen molar-refractivity contribution >= 4 is 11.8 Å². The van der Waals surface area contributed by atoms with Crippen LogP contribution in [-0.2, 0) is 11.3 Å². The third-order valence-corrected chi connectivity index (χ3v) is 5.03. The molecule has 6 nitrogen and oxygen atoms in total. The Balaban J connectivity index is 1.99. The zero-order chi connectivity index (χ0) is 19.3. The summed E-state index contributed by atoms with van der Waals surface area (Å²) in [6.07, 6.45) is 6.91. The normalized spacial score (nSPS) is 16.3. The molecule has 1 aromatic heterocycles. The Morgan fingerprint density at radius 1 is 1.26 bits per heavy atom. The van der Waals surface area contributed by atoms with Gasteiger partial charge in [0.25, 0.3) is 0 Å². The van der Waals surface area contributed by atoms with Gasteiger partial charge < -0.3 is 20.3 Å². The van der Waals surface area contributed by atoms with Crippen LogP contribution in [0.3, 0.4) is 0 Å². The topological polar surface area (TPSA) is 61.8 Å². The average molecular weight is 376 g/mol. The lowest BCUT2D eigenvalue weighted by Crippen LogP contribution is -2.40. The average Bonchev–Trinajstić information content (AvgIpc) is 2.73. The maximum Gasteiger partial charge on any atom is 0.191 e. The van der Waals surface area contributed by atoms with E-state index in [4.69, 9.17) is 9.73 Å². The number of ether oxygens (including phenoxy) is 1. The van der Waals surface area contributed by atoms with Crippen molar-refractivity contribution in [2.45, 2.75) is 53.0 Å². The molecule has 27 heavy (non-hydrogen) atoms. The number of unbranched alkanes of at least 4 members (excludes halogenated alkanes) is 1. The van der Waals surface area contributed by atoms with Crippen LogP contribution < -0.4 is 15.5 Å². The quantitative estimate of drug-likeness (QED) is 0.486. The Morgan fingerprint density at radius 3 is 2.78 bits per heavy atom. The van der Waals surface area contributed by atoms with E-state index in [-0.39, 0.29) is 0 Å². The molecule has 2 N–H and O–H groups in total. The second kappa shape index (κ2) is 12.5. The van der Waals surface area contributed by atoms with Crippen LogP contribution in [0.25, 0.3) is 0 Å². The second-order valence-corrected chi connectivity index (χ2v) is 7.08. The van der Waals surface area contributed by atoms with Crippen LogP contribution in [0, 0.1) is 5.92 Å². The highest BCUT2D eigenvalue weighted by Gasteiger charge is 2.15. The number of pyridine rings is 1. The molecule has 1 aliphatic rings. The minimum atomic E-state index is 0.627. The highest BCUT2D eigenvalue weighted by atomic mass is 16.5. The van der Waals surface area contributed by atoms with Gasteiger partial charge in [-0.05, 0) is 25.3 Å². The Bertz CT molecular complexity index is 557. The lowest BCUT2D eigenvalue weighted by Gasteiger charge is -2.29. The van der Waals surface area contributed by atoms with E-state index in [1.165, 1.54) is 25.7 Å².